The van der Waals surface area contributed by atoms with Crippen molar-refractivity contribution in [3.05, 3.63) is 61.4 Å². The summed E-state index contributed by atoms with van der Waals surface area (Å²) in [5.41, 5.74) is -0.382. The molecule has 24 heavy (non-hydrogen) atoms. The minimum absolute atomic E-state index is 0.0635. The van der Waals surface area contributed by atoms with Crippen molar-refractivity contribution < 1.29 is 4.79 Å². The van der Waals surface area contributed by atoms with Crippen molar-refractivity contribution in [2.75, 3.05) is 5.32 Å². The van der Waals surface area contributed by atoms with Crippen LogP contribution in [0.4, 0.5) is 5.69 Å². The fraction of sp³-hybridized carbons (Fsp3) is 0.250. The fourth-order valence-electron chi connectivity index (χ4n) is 2.77. The van der Waals surface area contributed by atoms with Gasteiger partial charge >= 0.3 is 5.69 Å². The van der Waals surface area contributed by atoms with Gasteiger partial charge in [0.1, 0.15) is 18.2 Å². The molecule has 3 rings (SSSR count). The van der Waals surface area contributed by atoms with Crippen LogP contribution >= 0.6 is 11.6 Å². The number of carbonyl (C=O) groups is 1. The molecule has 0 bridgehead atoms. The second-order valence-electron chi connectivity index (χ2n) is 5.42. The highest BCUT2D eigenvalue weighted by molar-refractivity contribution is 6.30. The lowest BCUT2D eigenvalue weighted by atomic mass is 10.2. The van der Waals surface area contributed by atoms with E-state index in [0.29, 0.717) is 35.8 Å². The lowest BCUT2D eigenvalue weighted by molar-refractivity contribution is -0.116. The first kappa shape index (κ1) is 16.0. The molecule has 8 heteroatoms. The molecule has 7 nitrogen and oxygen atoms in total. The minimum Gasteiger partial charge on any atom is -0.325 e. The molecule has 122 valence electrons. The number of benzene rings is 1. The minimum atomic E-state index is -0.720. The van der Waals surface area contributed by atoms with Crippen molar-refractivity contribution in [3.63, 3.8) is 0 Å². The molecule has 2 aromatic rings. The number of nitrogens with zero attached hydrogens (tertiary/aromatic N) is 3. The van der Waals surface area contributed by atoms with E-state index in [1.54, 1.807) is 24.3 Å². The first-order valence-electron chi connectivity index (χ1n) is 7.33. The van der Waals surface area contributed by atoms with E-state index in [2.05, 4.69) is 5.32 Å². The van der Waals surface area contributed by atoms with Gasteiger partial charge in [-0.2, -0.15) is 5.26 Å². The average molecular weight is 345 g/mol. The Morgan fingerprint density at radius 3 is 2.67 bits per heavy atom. The van der Waals surface area contributed by atoms with Gasteiger partial charge in [0.05, 0.1) is 0 Å². The van der Waals surface area contributed by atoms with Crippen molar-refractivity contribution in [1.82, 2.24) is 9.13 Å². The van der Waals surface area contributed by atoms with Gasteiger partial charge in [-0.1, -0.05) is 11.6 Å². The van der Waals surface area contributed by atoms with Crippen LogP contribution in [0, 0.1) is 11.3 Å². The molecule has 0 saturated heterocycles. The molecule has 0 saturated carbocycles. The van der Waals surface area contributed by atoms with Gasteiger partial charge in [0.2, 0.25) is 5.91 Å². The van der Waals surface area contributed by atoms with E-state index >= 15 is 0 Å². The molecule has 2 heterocycles. The third-order valence-electron chi connectivity index (χ3n) is 3.87. The molecule has 0 radical (unpaired) electrons. The maximum Gasteiger partial charge on any atom is 0.331 e. The van der Waals surface area contributed by atoms with E-state index in [-0.39, 0.29) is 5.56 Å². The van der Waals surface area contributed by atoms with E-state index in [9.17, 15) is 19.6 Å². The Hall–Kier alpha value is -2.85. The van der Waals surface area contributed by atoms with E-state index in [1.807, 2.05) is 6.07 Å². The van der Waals surface area contributed by atoms with Crippen LogP contribution in [0.15, 0.2) is 33.9 Å². The highest BCUT2D eigenvalue weighted by Crippen LogP contribution is 2.14. The number of halogens is 1. The molecule has 0 spiro atoms. The maximum absolute atomic E-state index is 12.4. The monoisotopic (exact) mass is 344 g/mol. The van der Waals surface area contributed by atoms with Crippen molar-refractivity contribution in [3.8, 4) is 6.07 Å². The predicted molar refractivity (Wildman–Crippen MR) is 88.1 cm³/mol. The van der Waals surface area contributed by atoms with Crippen LogP contribution in [0.3, 0.4) is 0 Å². The van der Waals surface area contributed by atoms with Crippen LogP contribution in [0.25, 0.3) is 0 Å². The van der Waals surface area contributed by atoms with Gasteiger partial charge < -0.3 is 5.32 Å². The standard InChI is InChI=1S/C16H13ClN4O3/c17-10-3-5-11(6-4-10)19-14(22)9-21-15(23)12(8-18)13-2-1-7-20(13)16(21)24/h3-6H,1-2,7,9H2,(H,19,22). The summed E-state index contributed by atoms with van der Waals surface area (Å²) in [4.78, 5) is 36.9. The predicted octanol–water partition coefficient (Wildman–Crippen LogP) is 1.12. The number of hydrogen-bond donors (Lipinski definition) is 1. The summed E-state index contributed by atoms with van der Waals surface area (Å²) in [5, 5.41) is 12.3. The zero-order chi connectivity index (χ0) is 17.3. The van der Waals surface area contributed by atoms with Crippen LogP contribution in [0.2, 0.25) is 5.02 Å². The lowest BCUT2D eigenvalue weighted by Crippen LogP contribution is -2.44. The highest BCUT2D eigenvalue weighted by Gasteiger charge is 2.23. The molecular formula is C16H13ClN4O3. The number of carbonyl (C=O) groups excluding carboxylic acids is 1. The Morgan fingerprint density at radius 2 is 2.00 bits per heavy atom. The highest BCUT2D eigenvalue weighted by atomic mass is 35.5. The molecule has 0 atom stereocenters. The normalized spacial score (nSPS) is 12.5. The summed E-state index contributed by atoms with van der Waals surface area (Å²) in [6.07, 6.45) is 1.22. The average Bonchev–Trinajstić information content (AvgIpc) is 3.04. The molecule has 1 amide bonds. The molecule has 0 fully saturated rings. The van der Waals surface area contributed by atoms with Gasteiger partial charge in [0.15, 0.2) is 0 Å². The lowest BCUT2D eigenvalue weighted by Gasteiger charge is -2.11. The maximum atomic E-state index is 12.4. The topological polar surface area (TPSA) is 96.9 Å². The zero-order valence-electron chi connectivity index (χ0n) is 12.6. The van der Waals surface area contributed by atoms with Crippen LogP contribution in [-0.2, 0) is 24.3 Å². The van der Waals surface area contributed by atoms with Crippen molar-refractivity contribution >= 4 is 23.2 Å². The van der Waals surface area contributed by atoms with Gasteiger partial charge in [0, 0.05) is 22.9 Å². The smallest absolute Gasteiger partial charge is 0.325 e. The Balaban J connectivity index is 1.92. The SMILES string of the molecule is N#Cc1c2n(c(=O)n(CC(=O)Nc3ccc(Cl)cc3)c1=O)CCC2. The van der Waals surface area contributed by atoms with Gasteiger partial charge in [-0.05, 0) is 37.1 Å². The summed E-state index contributed by atoms with van der Waals surface area (Å²) in [6.45, 7) is -0.00279. The second-order valence-corrected chi connectivity index (χ2v) is 5.85. The molecule has 1 N–H and O–H groups in total. The number of aromatic nitrogens is 2. The van der Waals surface area contributed by atoms with E-state index in [4.69, 9.17) is 11.6 Å². The number of anilines is 1. The largest absolute Gasteiger partial charge is 0.331 e. The summed E-state index contributed by atoms with van der Waals surface area (Å²) in [6, 6.07) is 8.30. The molecule has 1 aliphatic rings. The van der Waals surface area contributed by atoms with Crippen molar-refractivity contribution in [2.45, 2.75) is 25.9 Å². The molecule has 1 aromatic heterocycles. The quantitative estimate of drug-likeness (QED) is 0.902. The number of nitriles is 1. The van der Waals surface area contributed by atoms with Crippen LogP contribution < -0.4 is 16.6 Å². The number of hydrogen-bond acceptors (Lipinski definition) is 4. The van der Waals surface area contributed by atoms with Crippen molar-refractivity contribution in [2.24, 2.45) is 0 Å². The Kier molecular flexibility index (Phi) is 4.23. The molecule has 1 aliphatic heterocycles. The number of nitrogens with one attached hydrogen (secondary N) is 1. The van der Waals surface area contributed by atoms with Crippen molar-refractivity contribution in [1.29, 1.82) is 5.26 Å². The Labute approximate surface area is 141 Å². The third kappa shape index (κ3) is 2.84. The number of fused-ring (bicyclic) bond motifs is 1. The van der Waals surface area contributed by atoms with E-state index in [1.165, 1.54) is 4.57 Å². The van der Waals surface area contributed by atoms with E-state index in [0.717, 1.165) is 4.57 Å². The summed E-state index contributed by atoms with van der Waals surface area (Å²) >= 11 is 5.77. The molecule has 1 aromatic carbocycles. The summed E-state index contributed by atoms with van der Waals surface area (Å²) in [5.74, 6) is -0.529. The zero-order valence-corrected chi connectivity index (χ0v) is 13.3. The number of rotatable bonds is 3. The third-order valence-corrected chi connectivity index (χ3v) is 4.12. The van der Waals surface area contributed by atoms with E-state index < -0.39 is 23.7 Å². The second kappa shape index (κ2) is 6.34. The van der Waals surface area contributed by atoms with Crippen LogP contribution in [0.5, 0.6) is 0 Å². The Morgan fingerprint density at radius 1 is 1.29 bits per heavy atom. The van der Waals surface area contributed by atoms with Gasteiger partial charge in [-0.3, -0.25) is 14.2 Å². The first-order valence-corrected chi connectivity index (χ1v) is 7.71. The molecular weight excluding hydrogens is 332 g/mol. The number of amides is 1. The summed E-state index contributed by atoms with van der Waals surface area (Å²) < 4.78 is 2.20. The van der Waals surface area contributed by atoms with Crippen LogP contribution in [0.1, 0.15) is 17.7 Å². The summed E-state index contributed by atoms with van der Waals surface area (Å²) in [7, 11) is 0. The molecule has 0 unspecified atom stereocenters. The van der Waals surface area contributed by atoms with Crippen LogP contribution in [-0.4, -0.2) is 15.0 Å². The Bertz CT molecular complexity index is 967. The first-order chi connectivity index (χ1) is 11.5. The van der Waals surface area contributed by atoms with Gasteiger partial charge in [-0.15, -0.1) is 0 Å². The fourth-order valence-corrected chi connectivity index (χ4v) is 2.89. The van der Waals surface area contributed by atoms with Gasteiger partial charge in [-0.25, -0.2) is 9.36 Å². The molecule has 0 aliphatic carbocycles. The van der Waals surface area contributed by atoms with Gasteiger partial charge in [0.25, 0.3) is 5.56 Å².